The molecule has 0 aliphatic heterocycles. The number of aryl methyl sites for hydroxylation is 1. The third-order valence-corrected chi connectivity index (χ3v) is 4.61. The van der Waals surface area contributed by atoms with Crippen LogP contribution in [0, 0.1) is 0 Å². The molecule has 2 aromatic heterocycles. The Hall–Kier alpha value is -3.81. The van der Waals surface area contributed by atoms with Crippen molar-refractivity contribution in [2.75, 3.05) is 7.11 Å². The van der Waals surface area contributed by atoms with Gasteiger partial charge in [-0.15, -0.1) is 16.8 Å². The van der Waals surface area contributed by atoms with Crippen LogP contribution in [0.15, 0.2) is 61.2 Å². The number of rotatable bonds is 8. The van der Waals surface area contributed by atoms with Crippen molar-refractivity contribution in [3.63, 3.8) is 0 Å². The van der Waals surface area contributed by atoms with E-state index in [-0.39, 0.29) is 0 Å². The predicted molar refractivity (Wildman–Crippen MR) is 109 cm³/mol. The molecule has 0 aliphatic rings. The van der Waals surface area contributed by atoms with Crippen LogP contribution in [-0.4, -0.2) is 42.5 Å². The fourth-order valence-corrected chi connectivity index (χ4v) is 3.16. The molecule has 146 valence electrons. The summed E-state index contributed by atoms with van der Waals surface area (Å²) in [4.78, 5) is 4.43. The summed E-state index contributed by atoms with van der Waals surface area (Å²) in [5.41, 5.74) is 4.23. The summed E-state index contributed by atoms with van der Waals surface area (Å²) >= 11 is 0. The molecule has 4 rings (SSSR count). The van der Waals surface area contributed by atoms with Gasteiger partial charge in [0.1, 0.15) is 5.82 Å². The van der Waals surface area contributed by atoms with Crippen LogP contribution >= 0.6 is 0 Å². The van der Waals surface area contributed by atoms with E-state index in [9.17, 15) is 0 Å². The second-order valence-corrected chi connectivity index (χ2v) is 6.49. The minimum Gasteiger partial charge on any atom is -0.466 e. The van der Waals surface area contributed by atoms with E-state index >= 15 is 0 Å². The number of benzene rings is 2. The highest BCUT2D eigenvalue weighted by Gasteiger charge is 2.12. The summed E-state index contributed by atoms with van der Waals surface area (Å²) in [6.45, 7) is 4.40. The van der Waals surface area contributed by atoms with Gasteiger partial charge in [0.25, 0.3) is 0 Å². The number of ether oxygens (including phenoxy) is 1. The quantitative estimate of drug-likeness (QED) is 0.466. The van der Waals surface area contributed by atoms with Gasteiger partial charge in [0.2, 0.25) is 0 Å². The number of allylic oxidation sites excluding steroid dienone is 1. The van der Waals surface area contributed by atoms with Gasteiger partial charge in [0.15, 0.2) is 5.82 Å². The molecule has 0 saturated heterocycles. The molecule has 4 aromatic rings. The topological polar surface area (TPSA) is 94.4 Å². The predicted octanol–water partition coefficient (Wildman–Crippen LogP) is 3.30. The highest BCUT2D eigenvalue weighted by Crippen LogP contribution is 2.29. The molecule has 0 bridgehead atoms. The van der Waals surface area contributed by atoms with Gasteiger partial charge >= 0.3 is 6.01 Å². The summed E-state index contributed by atoms with van der Waals surface area (Å²) in [5.74, 6) is 1.53. The molecule has 2 heterocycles. The van der Waals surface area contributed by atoms with Crippen molar-refractivity contribution in [2.24, 2.45) is 0 Å². The van der Waals surface area contributed by atoms with Gasteiger partial charge in [0, 0.05) is 12.0 Å². The summed E-state index contributed by atoms with van der Waals surface area (Å²) in [6, 6.07) is 16.8. The maximum atomic E-state index is 5.19. The fraction of sp³-hybridized carbons (Fsp3) is 0.190. The first kappa shape index (κ1) is 18.5. The zero-order chi connectivity index (χ0) is 20.1. The van der Waals surface area contributed by atoms with Crippen LogP contribution in [0.5, 0.6) is 6.01 Å². The molecule has 8 nitrogen and oxygen atoms in total. The van der Waals surface area contributed by atoms with Crippen LogP contribution in [0.1, 0.15) is 17.8 Å². The smallest absolute Gasteiger partial charge is 0.335 e. The number of hydrogen-bond donors (Lipinski definition) is 1. The van der Waals surface area contributed by atoms with Gasteiger partial charge in [-0.25, -0.2) is 9.78 Å². The summed E-state index contributed by atoms with van der Waals surface area (Å²) in [5, 5.41) is 18.7. The molecular weight excluding hydrogens is 366 g/mol. The molecule has 0 radical (unpaired) electrons. The third-order valence-electron chi connectivity index (χ3n) is 4.61. The molecular formula is C21H21N7O. The maximum absolute atomic E-state index is 5.19. The average molecular weight is 387 g/mol. The van der Waals surface area contributed by atoms with Gasteiger partial charge in [-0.2, -0.15) is 4.98 Å². The Labute approximate surface area is 168 Å². The van der Waals surface area contributed by atoms with Gasteiger partial charge in [-0.05, 0) is 33.5 Å². The van der Waals surface area contributed by atoms with Crippen LogP contribution in [0.25, 0.3) is 22.5 Å². The molecule has 0 atom stereocenters. The molecule has 29 heavy (non-hydrogen) atoms. The normalized spacial score (nSPS) is 10.8. The summed E-state index contributed by atoms with van der Waals surface area (Å²) < 4.78 is 7.07. The number of tetrazole rings is 1. The fourth-order valence-electron chi connectivity index (χ4n) is 3.16. The zero-order valence-corrected chi connectivity index (χ0v) is 16.1. The third kappa shape index (κ3) is 4.06. The number of hydrogen-bond acceptors (Lipinski definition) is 6. The monoisotopic (exact) mass is 387 g/mol. The highest BCUT2D eigenvalue weighted by atomic mass is 16.5. The highest BCUT2D eigenvalue weighted by molar-refractivity contribution is 5.80. The van der Waals surface area contributed by atoms with Crippen LogP contribution < -0.4 is 4.74 Å². The van der Waals surface area contributed by atoms with E-state index < -0.39 is 0 Å². The number of nitrogens with zero attached hydrogens (tertiary/aromatic N) is 6. The molecule has 0 spiro atoms. The van der Waals surface area contributed by atoms with Gasteiger partial charge in [0.05, 0.1) is 13.7 Å². The molecule has 0 aliphatic carbocycles. The number of nitrogens with one attached hydrogen (secondary N) is 1. The first-order chi connectivity index (χ1) is 14.3. The van der Waals surface area contributed by atoms with Crippen molar-refractivity contribution in [3.05, 3.63) is 72.6 Å². The number of methoxy groups -OCH3 is 1. The standard InChI is InChI=1S/C21H21N7O/c1-3-4-9-19-22-21(29-2)25-28(19)14-15-10-12-16(13-11-15)17-7-5-6-8-18(17)20-23-26-27-24-20/h3,5-8,10-13H,1,4,9,14H2,2H3,(H,23,24,26,27). The van der Waals surface area contributed by atoms with Crippen molar-refractivity contribution >= 4 is 0 Å². The van der Waals surface area contributed by atoms with E-state index in [2.05, 4.69) is 67.6 Å². The van der Waals surface area contributed by atoms with Crippen molar-refractivity contribution in [3.8, 4) is 28.5 Å². The van der Waals surface area contributed by atoms with E-state index in [0.717, 1.165) is 40.9 Å². The number of aromatic nitrogens is 7. The van der Waals surface area contributed by atoms with E-state index in [0.29, 0.717) is 18.4 Å². The second-order valence-electron chi connectivity index (χ2n) is 6.49. The first-order valence-corrected chi connectivity index (χ1v) is 9.29. The molecule has 0 amide bonds. The Kier molecular flexibility index (Phi) is 5.42. The Morgan fingerprint density at radius 2 is 1.90 bits per heavy atom. The Morgan fingerprint density at radius 1 is 1.10 bits per heavy atom. The van der Waals surface area contributed by atoms with Crippen LogP contribution in [0.3, 0.4) is 0 Å². The van der Waals surface area contributed by atoms with Gasteiger partial charge in [-0.1, -0.05) is 54.6 Å². The summed E-state index contributed by atoms with van der Waals surface area (Å²) in [7, 11) is 1.58. The van der Waals surface area contributed by atoms with E-state index in [1.54, 1.807) is 7.11 Å². The van der Waals surface area contributed by atoms with Gasteiger partial charge < -0.3 is 4.74 Å². The lowest BCUT2D eigenvalue weighted by Crippen LogP contribution is -2.07. The molecule has 2 aromatic carbocycles. The maximum Gasteiger partial charge on any atom is 0.335 e. The number of H-pyrrole nitrogens is 1. The first-order valence-electron chi connectivity index (χ1n) is 9.29. The lowest BCUT2D eigenvalue weighted by atomic mass is 9.98. The van der Waals surface area contributed by atoms with Gasteiger partial charge in [-0.3, -0.25) is 0 Å². The Balaban J connectivity index is 1.59. The molecule has 0 fully saturated rings. The minimum absolute atomic E-state index is 0.385. The van der Waals surface area contributed by atoms with Crippen LogP contribution in [-0.2, 0) is 13.0 Å². The van der Waals surface area contributed by atoms with Crippen molar-refractivity contribution < 1.29 is 4.74 Å². The molecule has 0 unspecified atom stereocenters. The minimum atomic E-state index is 0.385. The van der Waals surface area contributed by atoms with E-state index in [4.69, 9.17) is 4.74 Å². The lowest BCUT2D eigenvalue weighted by molar-refractivity contribution is 0.377. The Bertz CT molecular complexity index is 1080. The number of aromatic amines is 1. The average Bonchev–Trinajstić information content (AvgIpc) is 3.43. The molecule has 8 heteroatoms. The molecule has 0 saturated carbocycles. The molecule has 1 N–H and O–H groups in total. The Morgan fingerprint density at radius 3 is 2.59 bits per heavy atom. The van der Waals surface area contributed by atoms with E-state index in [1.807, 2.05) is 29.0 Å². The van der Waals surface area contributed by atoms with Crippen LogP contribution in [0.4, 0.5) is 0 Å². The van der Waals surface area contributed by atoms with Crippen LogP contribution in [0.2, 0.25) is 0 Å². The van der Waals surface area contributed by atoms with Crippen molar-refractivity contribution in [2.45, 2.75) is 19.4 Å². The van der Waals surface area contributed by atoms with Crippen molar-refractivity contribution in [1.29, 1.82) is 0 Å². The summed E-state index contributed by atoms with van der Waals surface area (Å²) in [6.07, 6.45) is 3.49. The van der Waals surface area contributed by atoms with E-state index in [1.165, 1.54) is 0 Å². The zero-order valence-electron chi connectivity index (χ0n) is 16.1. The lowest BCUT2D eigenvalue weighted by Gasteiger charge is -2.09. The second kappa shape index (κ2) is 8.47. The SMILES string of the molecule is C=CCCc1nc(OC)nn1Cc1ccc(-c2ccccc2-c2nnn[nH]2)cc1. The van der Waals surface area contributed by atoms with Crippen molar-refractivity contribution in [1.82, 2.24) is 35.4 Å². The largest absolute Gasteiger partial charge is 0.466 e.